The largest absolute Gasteiger partial charge is 0.453 e. The van der Waals surface area contributed by atoms with E-state index in [4.69, 9.17) is 16.3 Å². The lowest BCUT2D eigenvalue weighted by atomic mass is 10.2. The summed E-state index contributed by atoms with van der Waals surface area (Å²) in [5.74, 6) is -0.891. The average molecular weight is 442 g/mol. The summed E-state index contributed by atoms with van der Waals surface area (Å²) >= 11 is 7.54. The lowest BCUT2D eigenvalue weighted by molar-refractivity contribution is -0.147. The van der Waals surface area contributed by atoms with Crippen LogP contribution in [0.25, 0.3) is 21.0 Å². The molecule has 0 aliphatic carbocycles. The molecule has 0 aliphatic rings. The fourth-order valence-corrected chi connectivity index (χ4v) is 4.42. The molecule has 30 heavy (non-hydrogen) atoms. The van der Waals surface area contributed by atoms with Gasteiger partial charge in [-0.2, -0.15) is 0 Å². The van der Waals surface area contributed by atoms with Crippen molar-refractivity contribution in [3.8, 4) is 0 Å². The van der Waals surface area contributed by atoms with Gasteiger partial charge in [0.25, 0.3) is 11.5 Å². The van der Waals surface area contributed by atoms with Crippen molar-refractivity contribution >= 4 is 55.8 Å². The lowest BCUT2D eigenvalue weighted by Crippen LogP contribution is -2.31. The van der Waals surface area contributed by atoms with E-state index in [2.05, 4.69) is 15.3 Å². The lowest BCUT2D eigenvalue weighted by Gasteiger charge is -2.13. The van der Waals surface area contributed by atoms with Crippen LogP contribution < -0.4 is 10.9 Å². The molecule has 4 rings (SSSR count). The smallest absolute Gasteiger partial charge is 0.326 e. The first-order valence-corrected chi connectivity index (χ1v) is 10.3. The van der Waals surface area contributed by atoms with Gasteiger partial charge in [-0.3, -0.25) is 14.4 Å². The minimum atomic E-state index is -0.792. The number of rotatable bonds is 5. The van der Waals surface area contributed by atoms with Gasteiger partial charge in [0, 0.05) is 10.1 Å². The van der Waals surface area contributed by atoms with E-state index in [1.807, 2.05) is 24.3 Å². The predicted molar refractivity (Wildman–Crippen MR) is 116 cm³/mol. The van der Waals surface area contributed by atoms with Crippen LogP contribution in [0.4, 0.5) is 0 Å². The van der Waals surface area contributed by atoms with Crippen molar-refractivity contribution in [1.82, 2.24) is 15.3 Å². The van der Waals surface area contributed by atoms with Crippen LogP contribution in [0.5, 0.6) is 0 Å². The average Bonchev–Trinajstić information content (AvgIpc) is 3.09. The first kappa shape index (κ1) is 20.1. The zero-order chi connectivity index (χ0) is 21.3. The van der Waals surface area contributed by atoms with E-state index in [1.54, 1.807) is 31.2 Å². The Morgan fingerprint density at radius 1 is 1.17 bits per heavy atom. The normalized spacial score (nSPS) is 12.1. The molecule has 1 amide bonds. The highest BCUT2D eigenvalue weighted by Crippen LogP contribution is 2.34. The number of halogens is 1. The molecule has 2 N–H and O–H groups in total. The van der Waals surface area contributed by atoms with E-state index >= 15 is 0 Å². The van der Waals surface area contributed by atoms with Crippen LogP contribution in [0.2, 0.25) is 5.02 Å². The summed E-state index contributed by atoms with van der Waals surface area (Å²) in [4.78, 5) is 44.1. The molecule has 0 fully saturated rings. The monoisotopic (exact) mass is 441 g/mol. The Bertz CT molecular complexity index is 1330. The Hall–Kier alpha value is -3.23. The third-order valence-electron chi connectivity index (χ3n) is 4.46. The van der Waals surface area contributed by atoms with Crippen LogP contribution in [-0.2, 0) is 9.53 Å². The number of esters is 1. The third-order valence-corrected chi connectivity index (χ3v) is 6.13. The number of para-hydroxylation sites is 1. The molecule has 0 unspecified atom stereocenters. The number of nitrogens with zero attached hydrogens (tertiary/aromatic N) is 1. The number of ether oxygens (including phenoxy) is 1. The first-order valence-electron chi connectivity index (χ1n) is 9.07. The van der Waals surface area contributed by atoms with Crippen molar-refractivity contribution < 1.29 is 14.3 Å². The second-order valence-electron chi connectivity index (χ2n) is 6.52. The fraction of sp³-hybridized carbons (Fsp3) is 0.143. The van der Waals surface area contributed by atoms with Gasteiger partial charge in [0.1, 0.15) is 11.4 Å². The highest BCUT2D eigenvalue weighted by molar-refractivity contribution is 7.21. The van der Waals surface area contributed by atoms with Crippen molar-refractivity contribution in [2.24, 2.45) is 0 Å². The number of fused-ring (bicyclic) bond motifs is 2. The zero-order valence-electron chi connectivity index (χ0n) is 15.8. The van der Waals surface area contributed by atoms with Gasteiger partial charge < -0.3 is 15.0 Å². The highest BCUT2D eigenvalue weighted by Gasteiger charge is 2.19. The predicted octanol–water partition coefficient (Wildman–Crippen LogP) is 3.83. The summed E-state index contributed by atoms with van der Waals surface area (Å²) in [7, 11) is 0. The number of nitrogens with one attached hydrogen (secondary N) is 2. The van der Waals surface area contributed by atoms with Crippen LogP contribution in [0.1, 0.15) is 28.5 Å². The first-order chi connectivity index (χ1) is 14.4. The van der Waals surface area contributed by atoms with Crippen molar-refractivity contribution in [2.75, 3.05) is 6.54 Å². The molecule has 9 heteroatoms. The quantitative estimate of drug-likeness (QED) is 0.458. The molecule has 2 aromatic heterocycles. The maximum Gasteiger partial charge on any atom is 0.326 e. The topological polar surface area (TPSA) is 101 Å². The van der Waals surface area contributed by atoms with Crippen LogP contribution in [0.3, 0.4) is 0 Å². The van der Waals surface area contributed by atoms with Gasteiger partial charge in [0.05, 0.1) is 15.9 Å². The van der Waals surface area contributed by atoms with Gasteiger partial charge >= 0.3 is 5.97 Å². The third kappa shape index (κ3) is 3.92. The Morgan fingerprint density at radius 2 is 1.87 bits per heavy atom. The van der Waals surface area contributed by atoms with Crippen LogP contribution in [0.15, 0.2) is 53.3 Å². The SMILES string of the molecule is C[C@@H](OC(=O)CNC(=O)c1sc2ccccc2c1Cl)c1nc2ccccc2c(=O)[nH]1. The fourth-order valence-electron chi connectivity index (χ4n) is 2.98. The van der Waals surface area contributed by atoms with E-state index in [0.717, 1.165) is 10.1 Å². The van der Waals surface area contributed by atoms with Gasteiger partial charge in [0.2, 0.25) is 0 Å². The number of carbonyl (C=O) groups excluding carboxylic acids is 2. The Balaban J connectivity index is 1.41. The molecular formula is C21H16ClN3O4S. The number of amides is 1. The molecule has 0 bridgehead atoms. The second kappa shape index (κ2) is 8.25. The molecule has 1 atom stereocenters. The number of aromatic amines is 1. The number of hydrogen-bond donors (Lipinski definition) is 2. The van der Waals surface area contributed by atoms with Crippen LogP contribution in [-0.4, -0.2) is 28.4 Å². The number of benzene rings is 2. The van der Waals surface area contributed by atoms with Crippen molar-refractivity contribution in [3.63, 3.8) is 0 Å². The molecule has 0 radical (unpaired) electrons. The van der Waals surface area contributed by atoms with E-state index in [-0.39, 0.29) is 17.9 Å². The molecule has 7 nitrogen and oxygen atoms in total. The number of H-pyrrole nitrogens is 1. The van der Waals surface area contributed by atoms with E-state index in [0.29, 0.717) is 20.8 Å². The maximum absolute atomic E-state index is 12.4. The van der Waals surface area contributed by atoms with E-state index in [1.165, 1.54) is 11.3 Å². The van der Waals surface area contributed by atoms with Crippen molar-refractivity contribution in [3.05, 3.63) is 74.6 Å². The summed E-state index contributed by atoms with van der Waals surface area (Å²) in [6.07, 6.45) is -0.792. The van der Waals surface area contributed by atoms with Crippen molar-refractivity contribution in [1.29, 1.82) is 0 Å². The molecule has 0 spiro atoms. The molecule has 0 aliphatic heterocycles. The molecular weight excluding hydrogens is 426 g/mol. The summed E-state index contributed by atoms with van der Waals surface area (Å²) in [6, 6.07) is 14.3. The number of thiophene rings is 1. The Kier molecular flexibility index (Phi) is 5.52. The second-order valence-corrected chi connectivity index (χ2v) is 7.95. The van der Waals surface area contributed by atoms with Gasteiger partial charge in [-0.1, -0.05) is 41.9 Å². The number of hydrogen-bond acceptors (Lipinski definition) is 6. The summed E-state index contributed by atoms with van der Waals surface area (Å²) in [5, 5.41) is 4.11. The summed E-state index contributed by atoms with van der Waals surface area (Å²) in [6.45, 7) is 1.25. The molecule has 2 heterocycles. The Labute approximate surface area is 179 Å². The maximum atomic E-state index is 12.4. The van der Waals surface area contributed by atoms with Gasteiger partial charge in [-0.25, -0.2) is 4.98 Å². The Morgan fingerprint density at radius 3 is 2.63 bits per heavy atom. The molecule has 0 saturated carbocycles. The van der Waals surface area contributed by atoms with Crippen LogP contribution >= 0.6 is 22.9 Å². The minimum Gasteiger partial charge on any atom is -0.453 e. The van der Waals surface area contributed by atoms with Crippen LogP contribution in [0, 0.1) is 0 Å². The molecule has 152 valence electrons. The summed E-state index contributed by atoms with van der Waals surface area (Å²) < 4.78 is 6.18. The zero-order valence-corrected chi connectivity index (χ0v) is 17.3. The highest BCUT2D eigenvalue weighted by atomic mass is 35.5. The summed E-state index contributed by atoms with van der Waals surface area (Å²) in [5.41, 5.74) is 0.193. The minimum absolute atomic E-state index is 0.228. The number of aromatic nitrogens is 2. The molecule has 4 aromatic rings. The molecule has 2 aromatic carbocycles. The van der Waals surface area contributed by atoms with E-state index in [9.17, 15) is 14.4 Å². The standard InChI is InChI=1S/C21H16ClN3O4S/c1-11(19-24-14-8-4-2-6-12(14)20(27)25-19)29-16(26)10-23-21(28)18-17(22)13-7-3-5-9-15(13)30-18/h2-9,11H,10H2,1H3,(H,23,28)(H,24,25,27)/t11-/m1/s1. The van der Waals surface area contributed by atoms with E-state index < -0.39 is 18.0 Å². The molecule has 0 saturated heterocycles. The van der Waals surface area contributed by atoms with Gasteiger partial charge in [-0.05, 0) is 25.1 Å². The van der Waals surface area contributed by atoms with Gasteiger partial charge in [0.15, 0.2) is 11.9 Å². The van der Waals surface area contributed by atoms with Crippen molar-refractivity contribution in [2.45, 2.75) is 13.0 Å². The number of carbonyl (C=O) groups is 2. The van der Waals surface area contributed by atoms with Gasteiger partial charge in [-0.15, -0.1) is 11.3 Å².